The van der Waals surface area contributed by atoms with E-state index < -0.39 is 23.9 Å². The maximum Gasteiger partial charge on any atom is 2.00 e. The van der Waals surface area contributed by atoms with Crippen LogP contribution in [0.2, 0.25) is 0 Å². The Balaban J connectivity index is -0.000000218. The van der Waals surface area contributed by atoms with Crippen molar-refractivity contribution in [3.8, 4) is 0 Å². The SMILES string of the molecule is C=C(C)C(=O)O.C=C(C)C(=O)O.CC/C=C\C/C=C\C/C=C\CCCCCCCC(=O)[O-].CC/C=C\C/C=C\C/C=C\CCCCCCCC(=O)[O-].[Zn+2]. The third-order valence-corrected chi connectivity index (χ3v) is 6.79. The van der Waals surface area contributed by atoms with Crippen molar-refractivity contribution in [2.24, 2.45) is 0 Å². The number of rotatable bonds is 28. The van der Waals surface area contributed by atoms with Crippen molar-refractivity contribution in [2.75, 3.05) is 0 Å². The molecule has 8 nitrogen and oxygen atoms in total. The van der Waals surface area contributed by atoms with E-state index >= 15 is 0 Å². The molecule has 0 aromatic carbocycles. The Morgan fingerprint density at radius 1 is 0.453 bits per heavy atom. The number of carboxylic acid groups (broad SMARTS) is 4. The fourth-order valence-corrected chi connectivity index (χ4v) is 3.78. The van der Waals surface area contributed by atoms with Gasteiger partial charge in [0.05, 0.1) is 0 Å². The van der Waals surface area contributed by atoms with E-state index in [-0.39, 0.29) is 43.5 Å². The molecule has 0 spiro atoms. The average molecular weight is 792 g/mol. The maximum atomic E-state index is 10.2. The molecule has 296 valence electrons. The van der Waals surface area contributed by atoms with E-state index in [1.54, 1.807) is 0 Å². The van der Waals surface area contributed by atoms with Gasteiger partial charge < -0.3 is 30.0 Å². The summed E-state index contributed by atoms with van der Waals surface area (Å²) in [4.78, 5) is 39.6. The zero-order chi connectivity index (χ0) is 40.1. The van der Waals surface area contributed by atoms with Crippen LogP contribution in [0.25, 0.3) is 0 Å². The molecule has 0 aromatic rings. The van der Waals surface area contributed by atoms with Crippen LogP contribution in [-0.4, -0.2) is 34.1 Å². The smallest absolute Gasteiger partial charge is 0.550 e. The molecule has 0 bridgehead atoms. The molecule has 2 N–H and O–H groups in total. The second kappa shape index (κ2) is 50.5. The van der Waals surface area contributed by atoms with Crippen LogP contribution in [0, 0.1) is 0 Å². The number of unbranched alkanes of at least 4 members (excludes halogenated alkanes) is 10. The van der Waals surface area contributed by atoms with Gasteiger partial charge >= 0.3 is 31.4 Å². The van der Waals surface area contributed by atoms with Gasteiger partial charge in [-0.05, 0) is 104 Å². The zero-order valence-electron chi connectivity index (χ0n) is 33.5. The predicted molar refractivity (Wildman–Crippen MR) is 213 cm³/mol. The Morgan fingerprint density at radius 2 is 0.679 bits per heavy atom. The molecule has 0 radical (unpaired) electrons. The third kappa shape index (κ3) is 70.7. The minimum absolute atomic E-state index is 0. The summed E-state index contributed by atoms with van der Waals surface area (Å²) in [6.07, 6.45) is 46.1. The van der Waals surface area contributed by atoms with Crippen molar-refractivity contribution in [3.63, 3.8) is 0 Å². The van der Waals surface area contributed by atoms with Gasteiger partial charge in [-0.15, -0.1) is 0 Å². The Morgan fingerprint density at radius 3 is 0.925 bits per heavy atom. The molecule has 0 unspecified atom stereocenters. The van der Waals surface area contributed by atoms with Crippen LogP contribution in [0.5, 0.6) is 0 Å². The summed E-state index contributed by atoms with van der Waals surface area (Å²) in [7, 11) is 0. The summed E-state index contributed by atoms with van der Waals surface area (Å²) in [5, 5.41) is 36.2. The summed E-state index contributed by atoms with van der Waals surface area (Å²) in [5.74, 6) is -3.72. The summed E-state index contributed by atoms with van der Waals surface area (Å²) < 4.78 is 0. The van der Waals surface area contributed by atoms with Crippen LogP contribution in [0.3, 0.4) is 0 Å². The maximum absolute atomic E-state index is 10.2. The first-order chi connectivity index (χ1) is 24.8. The molecule has 0 fully saturated rings. The number of carbonyl (C=O) groups is 4. The van der Waals surface area contributed by atoms with E-state index in [0.717, 1.165) is 89.9 Å². The van der Waals surface area contributed by atoms with Crippen LogP contribution in [0.1, 0.15) is 156 Å². The van der Waals surface area contributed by atoms with Gasteiger partial charge in [-0.1, -0.05) is 138 Å². The summed E-state index contributed by atoms with van der Waals surface area (Å²) in [5.41, 5.74) is 0.352. The molecule has 0 aromatic heterocycles. The van der Waals surface area contributed by atoms with Crippen molar-refractivity contribution in [1.82, 2.24) is 0 Å². The molecule has 0 aliphatic heterocycles. The first-order valence-electron chi connectivity index (χ1n) is 18.9. The number of aliphatic carboxylic acids is 4. The zero-order valence-corrected chi connectivity index (χ0v) is 36.5. The van der Waals surface area contributed by atoms with Crippen molar-refractivity contribution in [3.05, 3.63) is 97.2 Å². The quantitative estimate of drug-likeness (QED) is 0.0343. The fraction of sp³-hybridized carbons (Fsp3) is 0.545. The molecule has 0 saturated heterocycles. The fourth-order valence-electron chi connectivity index (χ4n) is 3.78. The topological polar surface area (TPSA) is 155 Å². The molecule has 0 saturated carbocycles. The second-order valence-electron chi connectivity index (χ2n) is 12.1. The van der Waals surface area contributed by atoms with Crippen LogP contribution in [0.4, 0.5) is 0 Å². The number of hydrogen-bond donors (Lipinski definition) is 2. The predicted octanol–water partition coefficient (Wildman–Crippen LogP) is 9.94. The minimum atomic E-state index is -0.935. The van der Waals surface area contributed by atoms with E-state index in [1.165, 1.54) is 39.5 Å². The van der Waals surface area contributed by atoms with Gasteiger partial charge in [-0.2, -0.15) is 0 Å². The Bertz CT molecular complexity index is 987. The Kier molecular flexibility index (Phi) is 56.0. The monoisotopic (exact) mass is 790 g/mol. The second-order valence-corrected chi connectivity index (χ2v) is 12.1. The number of allylic oxidation sites excluding steroid dienone is 12. The van der Waals surface area contributed by atoms with E-state index in [9.17, 15) is 29.4 Å². The van der Waals surface area contributed by atoms with Gasteiger partial charge in [0.15, 0.2) is 0 Å². The minimum Gasteiger partial charge on any atom is -0.550 e. The van der Waals surface area contributed by atoms with Gasteiger partial charge in [0, 0.05) is 23.1 Å². The van der Waals surface area contributed by atoms with E-state index in [2.05, 4.69) is 99.9 Å². The molecule has 0 amide bonds. The normalized spacial score (nSPS) is 10.8. The third-order valence-electron chi connectivity index (χ3n) is 6.79. The first kappa shape index (κ1) is 58.7. The molecule has 0 atom stereocenters. The van der Waals surface area contributed by atoms with Crippen LogP contribution in [-0.2, 0) is 38.7 Å². The van der Waals surface area contributed by atoms with Gasteiger partial charge in [-0.3, -0.25) is 0 Å². The van der Waals surface area contributed by atoms with E-state index in [4.69, 9.17) is 10.2 Å². The van der Waals surface area contributed by atoms with Crippen LogP contribution < -0.4 is 10.2 Å². The van der Waals surface area contributed by atoms with E-state index in [1.807, 2.05) is 0 Å². The number of hydrogen-bond acceptors (Lipinski definition) is 6. The summed E-state index contributed by atoms with van der Waals surface area (Å²) in [6.45, 7) is 13.5. The molecule has 0 heterocycles. The molecular formula is C44H70O8Zn. The average Bonchev–Trinajstić information content (AvgIpc) is 3.08. The molecule has 9 heteroatoms. The van der Waals surface area contributed by atoms with Gasteiger partial charge in [0.2, 0.25) is 0 Å². The van der Waals surface area contributed by atoms with Crippen molar-refractivity contribution in [1.29, 1.82) is 0 Å². The Hall–Kier alpha value is -3.58. The Labute approximate surface area is 335 Å². The molecular weight excluding hydrogens is 722 g/mol. The van der Waals surface area contributed by atoms with Gasteiger partial charge in [0.25, 0.3) is 0 Å². The van der Waals surface area contributed by atoms with Crippen LogP contribution >= 0.6 is 0 Å². The summed E-state index contributed by atoms with van der Waals surface area (Å²) in [6, 6.07) is 0. The molecule has 0 aliphatic rings. The largest absolute Gasteiger partial charge is 2.00 e. The standard InChI is InChI=1S/2C18H30O2.2C4H6O2.Zn/c2*1-2-3-4-5-6-7-8-9-10-11-12-13-14-15-16-17-18(19)20;2*1-3(2)4(5)6;/h2*3-4,6-7,9-10H,2,5,8,11-17H2,1H3,(H,19,20);2*1H2,2H3,(H,5,6);/q;;;;+2/p-2/b2*4-3-,7-6-,10-9-;;;. The van der Waals surface area contributed by atoms with Crippen LogP contribution in [0.15, 0.2) is 97.2 Å². The van der Waals surface area contributed by atoms with E-state index in [0.29, 0.717) is 0 Å². The summed E-state index contributed by atoms with van der Waals surface area (Å²) >= 11 is 0. The van der Waals surface area contributed by atoms with Crippen molar-refractivity contribution in [2.45, 2.75) is 156 Å². The van der Waals surface area contributed by atoms with Crippen molar-refractivity contribution >= 4 is 23.9 Å². The van der Waals surface area contributed by atoms with Gasteiger partial charge in [0.1, 0.15) is 0 Å². The molecule has 0 aliphatic carbocycles. The van der Waals surface area contributed by atoms with Gasteiger partial charge in [-0.25, -0.2) is 9.59 Å². The number of carboxylic acids is 4. The van der Waals surface area contributed by atoms with Crippen molar-refractivity contribution < 1.29 is 59.1 Å². The number of carbonyl (C=O) groups excluding carboxylic acids is 2. The first-order valence-corrected chi connectivity index (χ1v) is 18.9. The molecule has 53 heavy (non-hydrogen) atoms. The molecule has 0 rings (SSSR count).